The molecule has 1 aromatic heterocycles. The van der Waals surface area contributed by atoms with Gasteiger partial charge in [0.2, 0.25) is 0 Å². The fourth-order valence-electron chi connectivity index (χ4n) is 1.97. The first kappa shape index (κ1) is 13.6. The lowest BCUT2D eigenvalue weighted by molar-refractivity contribution is 0.795. The Morgan fingerprint density at radius 1 is 1.15 bits per heavy atom. The zero-order chi connectivity index (χ0) is 14.2. The third-order valence-electron chi connectivity index (χ3n) is 2.93. The summed E-state index contributed by atoms with van der Waals surface area (Å²) >= 11 is 0. The number of benzene rings is 1. The molecule has 0 aliphatic heterocycles. The van der Waals surface area contributed by atoms with Crippen LogP contribution in [0.4, 0.5) is 5.69 Å². The molecule has 98 valence electrons. The highest BCUT2D eigenvalue weighted by Gasteiger charge is 2.08. The Hall–Kier alpha value is -2.85. The van der Waals surface area contributed by atoms with Crippen molar-refractivity contribution < 1.29 is 0 Å². The lowest BCUT2D eigenvalue weighted by Crippen LogP contribution is -2.23. The van der Waals surface area contributed by atoms with E-state index in [0.717, 1.165) is 11.3 Å². The molecule has 0 bridgehead atoms. The predicted octanol–water partition coefficient (Wildman–Crippen LogP) is 2.87. The van der Waals surface area contributed by atoms with E-state index < -0.39 is 0 Å². The molecule has 2 aromatic rings. The number of nitriles is 2. The molecule has 0 atom stereocenters. The van der Waals surface area contributed by atoms with E-state index in [4.69, 9.17) is 10.5 Å². The second-order valence-corrected chi connectivity index (χ2v) is 4.35. The molecule has 0 fully saturated rings. The van der Waals surface area contributed by atoms with Crippen molar-refractivity contribution >= 4 is 5.69 Å². The smallest absolute Gasteiger partial charge is 0.0992 e. The summed E-state index contributed by atoms with van der Waals surface area (Å²) in [6.07, 6.45) is 3.99. The van der Waals surface area contributed by atoms with Crippen LogP contribution < -0.4 is 4.90 Å². The quantitative estimate of drug-likeness (QED) is 0.831. The van der Waals surface area contributed by atoms with E-state index in [-0.39, 0.29) is 0 Å². The second kappa shape index (κ2) is 6.92. The van der Waals surface area contributed by atoms with Gasteiger partial charge in [0, 0.05) is 31.2 Å². The van der Waals surface area contributed by atoms with Crippen LogP contribution in [-0.2, 0) is 6.54 Å². The van der Waals surface area contributed by atoms with E-state index in [9.17, 15) is 0 Å². The zero-order valence-electron chi connectivity index (χ0n) is 11.0. The Labute approximate surface area is 118 Å². The summed E-state index contributed by atoms with van der Waals surface area (Å²) in [6, 6.07) is 15.6. The molecule has 0 aliphatic rings. The minimum Gasteiger partial charge on any atom is -0.366 e. The Morgan fingerprint density at radius 2 is 2.05 bits per heavy atom. The van der Waals surface area contributed by atoms with Gasteiger partial charge < -0.3 is 4.90 Å². The van der Waals surface area contributed by atoms with E-state index >= 15 is 0 Å². The molecular formula is C16H14N4. The highest BCUT2D eigenvalue weighted by molar-refractivity contribution is 5.51. The van der Waals surface area contributed by atoms with Gasteiger partial charge in [-0.15, -0.1) is 0 Å². The van der Waals surface area contributed by atoms with Gasteiger partial charge in [0.15, 0.2) is 0 Å². The van der Waals surface area contributed by atoms with E-state index in [0.29, 0.717) is 25.1 Å². The predicted molar refractivity (Wildman–Crippen MR) is 76.7 cm³/mol. The van der Waals surface area contributed by atoms with Gasteiger partial charge in [0.1, 0.15) is 0 Å². The number of hydrogen-bond donors (Lipinski definition) is 0. The largest absolute Gasteiger partial charge is 0.366 e. The fourth-order valence-corrected chi connectivity index (χ4v) is 1.97. The van der Waals surface area contributed by atoms with Crippen molar-refractivity contribution in [2.75, 3.05) is 11.4 Å². The summed E-state index contributed by atoms with van der Waals surface area (Å²) in [5, 5.41) is 17.8. The fraction of sp³-hybridized carbons (Fsp3) is 0.188. The number of pyridine rings is 1. The van der Waals surface area contributed by atoms with E-state index in [1.54, 1.807) is 12.3 Å². The Balaban J connectivity index is 2.23. The van der Waals surface area contributed by atoms with Crippen molar-refractivity contribution in [3.63, 3.8) is 0 Å². The van der Waals surface area contributed by atoms with Crippen molar-refractivity contribution in [2.45, 2.75) is 13.0 Å². The van der Waals surface area contributed by atoms with Crippen LogP contribution in [0.1, 0.15) is 17.5 Å². The summed E-state index contributed by atoms with van der Waals surface area (Å²) < 4.78 is 0. The molecule has 0 unspecified atom stereocenters. The zero-order valence-corrected chi connectivity index (χ0v) is 11.0. The molecule has 1 heterocycles. The normalized spacial score (nSPS) is 9.50. The number of aromatic nitrogens is 1. The van der Waals surface area contributed by atoms with Gasteiger partial charge in [0.05, 0.1) is 24.1 Å². The molecule has 1 aromatic carbocycles. The van der Waals surface area contributed by atoms with Gasteiger partial charge in [-0.05, 0) is 29.8 Å². The van der Waals surface area contributed by atoms with Crippen molar-refractivity contribution in [2.24, 2.45) is 0 Å². The van der Waals surface area contributed by atoms with Gasteiger partial charge in [-0.3, -0.25) is 4.98 Å². The number of nitrogens with zero attached hydrogens (tertiary/aromatic N) is 4. The monoisotopic (exact) mass is 262 g/mol. The van der Waals surface area contributed by atoms with Crippen molar-refractivity contribution in [3.05, 3.63) is 59.9 Å². The maximum Gasteiger partial charge on any atom is 0.0992 e. The van der Waals surface area contributed by atoms with Gasteiger partial charge in [-0.1, -0.05) is 12.1 Å². The van der Waals surface area contributed by atoms with Gasteiger partial charge in [-0.2, -0.15) is 10.5 Å². The average Bonchev–Trinajstić information content (AvgIpc) is 2.52. The first-order valence-corrected chi connectivity index (χ1v) is 6.34. The van der Waals surface area contributed by atoms with Crippen LogP contribution >= 0.6 is 0 Å². The van der Waals surface area contributed by atoms with Gasteiger partial charge in [-0.25, -0.2) is 0 Å². The SMILES string of the molecule is N#CCCN(Cc1cccnc1)c1cccc(C#N)c1. The average molecular weight is 262 g/mol. The molecular weight excluding hydrogens is 248 g/mol. The van der Waals surface area contributed by atoms with Crippen molar-refractivity contribution in [3.8, 4) is 12.1 Å². The maximum atomic E-state index is 8.98. The first-order valence-electron chi connectivity index (χ1n) is 6.34. The van der Waals surface area contributed by atoms with Crippen molar-refractivity contribution in [1.82, 2.24) is 4.98 Å². The molecule has 2 rings (SSSR count). The highest BCUT2D eigenvalue weighted by atomic mass is 15.1. The summed E-state index contributed by atoms with van der Waals surface area (Å²) in [5.41, 5.74) is 2.64. The number of rotatable bonds is 5. The van der Waals surface area contributed by atoms with Gasteiger partial charge in [0.25, 0.3) is 0 Å². The minimum absolute atomic E-state index is 0.442. The molecule has 0 saturated heterocycles. The topological polar surface area (TPSA) is 63.7 Å². The van der Waals surface area contributed by atoms with Gasteiger partial charge >= 0.3 is 0 Å². The van der Waals surface area contributed by atoms with Crippen LogP contribution in [-0.4, -0.2) is 11.5 Å². The van der Waals surface area contributed by atoms with E-state index in [2.05, 4.69) is 22.0 Å². The lowest BCUT2D eigenvalue weighted by atomic mass is 10.1. The van der Waals surface area contributed by atoms with Crippen LogP contribution in [0.5, 0.6) is 0 Å². The molecule has 0 amide bonds. The summed E-state index contributed by atoms with van der Waals surface area (Å²) in [7, 11) is 0. The Morgan fingerprint density at radius 3 is 2.75 bits per heavy atom. The Kier molecular flexibility index (Phi) is 4.70. The van der Waals surface area contributed by atoms with Crippen molar-refractivity contribution in [1.29, 1.82) is 10.5 Å². The maximum absolute atomic E-state index is 8.98. The summed E-state index contributed by atoms with van der Waals surface area (Å²) in [4.78, 5) is 6.19. The van der Waals surface area contributed by atoms with Crippen LogP contribution in [0, 0.1) is 22.7 Å². The minimum atomic E-state index is 0.442. The molecule has 4 nitrogen and oxygen atoms in total. The van der Waals surface area contributed by atoms with Crippen LogP contribution in [0.3, 0.4) is 0 Å². The Bertz CT molecular complexity index is 638. The molecule has 0 spiro atoms. The van der Waals surface area contributed by atoms with Crippen LogP contribution in [0.25, 0.3) is 0 Å². The number of anilines is 1. The highest BCUT2D eigenvalue weighted by Crippen LogP contribution is 2.18. The van der Waals surface area contributed by atoms with Crippen LogP contribution in [0.2, 0.25) is 0 Å². The van der Waals surface area contributed by atoms with E-state index in [1.165, 1.54) is 0 Å². The molecule has 4 heteroatoms. The summed E-state index contributed by atoms with van der Waals surface area (Å²) in [6.45, 7) is 1.30. The first-order chi connectivity index (χ1) is 9.83. The van der Waals surface area contributed by atoms with E-state index in [1.807, 2.05) is 36.5 Å². The molecule has 0 saturated carbocycles. The molecule has 0 radical (unpaired) electrons. The molecule has 20 heavy (non-hydrogen) atoms. The summed E-state index contributed by atoms with van der Waals surface area (Å²) in [5.74, 6) is 0. The standard InChI is InChI=1S/C16H14N4/c17-7-3-9-20(13-15-5-2-8-19-12-15)16-6-1-4-14(10-16)11-18/h1-2,4-6,8,10,12H,3,9,13H2. The second-order valence-electron chi connectivity index (χ2n) is 4.35. The third-order valence-corrected chi connectivity index (χ3v) is 2.93. The van der Waals surface area contributed by atoms with Crippen LogP contribution in [0.15, 0.2) is 48.8 Å². The molecule has 0 aliphatic carbocycles. The third kappa shape index (κ3) is 3.57. The lowest BCUT2D eigenvalue weighted by Gasteiger charge is -2.24. The molecule has 0 N–H and O–H groups in total. The number of hydrogen-bond acceptors (Lipinski definition) is 4.